The number of carbonyl (C=O) groups excluding carboxylic acids is 1. The molecule has 22 heavy (non-hydrogen) atoms. The van der Waals surface area contributed by atoms with Crippen molar-refractivity contribution in [2.24, 2.45) is 5.92 Å². The van der Waals surface area contributed by atoms with Crippen LogP contribution < -0.4 is 5.32 Å². The average Bonchev–Trinajstić information content (AvgIpc) is 2.95. The quantitative estimate of drug-likeness (QED) is 0.821. The first-order valence-corrected chi connectivity index (χ1v) is 8.64. The minimum absolute atomic E-state index is 0.240. The molecule has 1 amide bonds. The fourth-order valence-electron chi connectivity index (χ4n) is 2.06. The lowest BCUT2D eigenvalue weighted by atomic mass is 10.1. The second-order valence-corrected chi connectivity index (χ2v) is 7.07. The molecule has 1 atom stereocenters. The number of nitrogens with zero attached hydrogens (tertiary/aromatic N) is 1. The Hall–Kier alpha value is -1.95. The maximum absolute atomic E-state index is 12.0. The lowest BCUT2D eigenvalue weighted by Crippen LogP contribution is -2.28. The van der Waals surface area contributed by atoms with Crippen molar-refractivity contribution in [1.82, 2.24) is 15.5 Å². The number of aromatic nitrogens is 2. The molecule has 1 aromatic carbocycles. The van der Waals surface area contributed by atoms with Crippen LogP contribution in [0.4, 0.5) is 0 Å². The van der Waals surface area contributed by atoms with Crippen LogP contribution in [0.5, 0.6) is 0 Å². The Bertz CT molecular complexity index is 638. The van der Waals surface area contributed by atoms with Gasteiger partial charge in [-0.3, -0.25) is 14.1 Å². The summed E-state index contributed by atoms with van der Waals surface area (Å²) < 4.78 is 12.0. The van der Waals surface area contributed by atoms with Gasteiger partial charge in [0.15, 0.2) is 0 Å². The van der Waals surface area contributed by atoms with E-state index >= 15 is 0 Å². The molecule has 6 heteroatoms. The van der Waals surface area contributed by atoms with Gasteiger partial charge < -0.3 is 5.32 Å². The predicted octanol–water partition coefficient (Wildman–Crippen LogP) is 2.15. The monoisotopic (exact) mass is 319 g/mol. The van der Waals surface area contributed by atoms with Crippen LogP contribution in [0.15, 0.2) is 41.3 Å². The van der Waals surface area contributed by atoms with Crippen LogP contribution in [-0.4, -0.2) is 32.6 Å². The third-order valence-electron chi connectivity index (χ3n) is 3.07. The smallest absolute Gasteiger partial charge is 0.271 e. The molecular formula is C16H21N3O2S. The molecule has 2 N–H and O–H groups in total. The summed E-state index contributed by atoms with van der Waals surface area (Å²) >= 11 is 0. The van der Waals surface area contributed by atoms with Gasteiger partial charge in [-0.1, -0.05) is 32.0 Å². The van der Waals surface area contributed by atoms with Gasteiger partial charge in [-0.15, -0.1) is 0 Å². The van der Waals surface area contributed by atoms with Gasteiger partial charge >= 0.3 is 0 Å². The number of aromatic amines is 1. The average molecular weight is 319 g/mol. The van der Waals surface area contributed by atoms with Gasteiger partial charge in [0.25, 0.3) is 5.91 Å². The van der Waals surface area contributed by atoms with Crippen LogP contribution in [0.2, 0.25) is 0 Å². The second-order valence-electron chi connectivity index (χ2n) is 5.49. The van der Waals surface area contributed by atoms with E-state index < -0.39 is 10.8 Å². The second kappa shape index (κ2) is 7.89. The fourth-order valence-corrected chi connectivity index (χ4v) is 3.04. The maximum Gasteiger partial charge on any atom is 0.271 e. The Morgan fingerprint density at radius 3 is 2.73 bits per heavy atom. The third-order valence-corrected chi connectivity index (χ3v) is 4.44. The molecule has 0 spiro atoms. The largest absolute Gasteiger partial charge is 0.350 e. The van der Waals surface area contributed by atoms with Crippen LogP contribution in [0, 0.1) is 5.92 Å². The molecule has 0 bridgehead atoms. The number of carbonyl (C=O) groups is 1. The normalized spacial score (nSPS) is 12.3. The fraction of sp³-hybridized carbons (Fsp3) is 0.375. The molecule has 0 saturated carbocycles. The van der Waals surface area contributed by atoms with Crippen molar-refractivity contribution in [3.05, 3.63) is 47.8 Å². The number of nitrogens with one attached hydrogen (secondary N) is 2. The highest BCUT2D eigenvalue weighted by atomic mass is 32.2. The lowest BCUT2D eigenvalue weighted by Gasteiger charge is -2.03. The molecule has 0 aliphatic rings. The Labute approximate surface area is 133 Å². The first-order chi connectivity index (χ1) is 10.6. The van der Waals surface area contributed by atoms with Crippen LogP contribution in [0.1, 0.15) is 30.0 Å². The predicted molar refractivity (Wildman–Crippen MR) is 87.2 cm³/mol. The summed E-state index contributed by atoms with van der Waals surface area (Å²) in [6.07, 6.45) is 0.859. The van der Waals surface area contributed by atoms with E-state index in [1.54, 1.807) is 6.07 Å². The highest BCUT2D eigenvalue weighted by Crippen LogP contribution is 2.07. The summed E-state index contributed by atoms with van der Waals surface area (Å²) in [5, 5.41) is 9.64. The van der Waals surface area contributed by atoms with E-state index in [2.05, 4.69) is 29.4 Å². The summed E-state index contributed by atoms with van der Waals surface area (Å²) in [7, 11) is -1.10. The van der Waals surface area contributed by atoms with Crippen LogP contribution in [-0.2, 0) is 17.2 Å². The van der Waals surface area contributed by atoms with Crippen LogP contribution >= 0.6 is 0 Å². The number of H-pyrrole nitrogens is 1. The summed E-state index contributed by atoms with van der Waals surface area (Å²) in [5.74, 6) is 0.653. The molecule has 0 saturated heterocycles. The molecule has 2 aromatic rings. The zero-order chi connectivity index (χ0) is 15.9. The molecular weight excluding hydrogens is 298 g/mol. The van der Waals surface area contributed by atoms with Crippen molar-refractivity contribution in [3.63, 3.8) is 0 Å². The Morgan fingerprint density at radius 2 is 2.05 bits per heavy atom. The highest BCUT2D eigenvalue weighted by Gasteiger charge is 2.11. The molecule has 0 unspecified atom stereocenters. The first-order valence-electron chi connectivity index (χ1n) is 7.32. The first kappa shape index (κ1) is 16.4. The van der Waals surface area contributed by atoms with Gasteiger partial charge in [-0.05, 0) is 30.5 Å². The standard InChI is InChI=1S/C16H21N3O2S/c1-12(2)10-13-11-15(19-18-13)16(20)17-8-9-22(21)14-6-4-3-5-7-14/h3-7,11-12H,8-10H2,1-2H3,(H,17,20)(H,18,19)/t22-/m0/s1. The van der Waals surface area contributed by atoms with Crippen molar-refractivity contribution in [2.45, 2.75) is 25.2 Å². The molecule has 118 valence electrons. The SMILES string of the molecule is CC(C)Cc1cc(C(=O)NCC[S@](=O)c2ccccc2)n[nH]1. The number of amides is 1. The number of rotatable bonds is 7. The highest BCUT2D eigenvalue weighted by molar-refractivity contribution is 7.85. The maximum atomic E-state index is 12.0. The van der Waals surface area contributed by atoms with Crippen molar-refractivity contribution < 1.29 is 9.00 Å². The molecule has 5 nitrogen and oxygen atoms in total. The molecule has 1 heterocycles. The third kappa shape index (κ3) is 4.80. The van der Waals surface area contributed by atoms with E-state index in [0.29, 0.717) is 23.9 Å². The lowest BCUT2D eigenvalue weighted by molar-refractivity contribution is 0.0951. The molecule has 2 rings (SSSR count). The minimum Gasteiger partial charge on any atom is -0.350 e. The molecule has 0 aliphatic heterocycles. The summed E-state index contributed by atoms with van der Waals surface area (Å²) in [4.78, 5) is 12.7. The molecule has 1 aromatic heterocycles. The van der Waals surface area contributed by atoms with Crippen molar-refractivity contribution in [1.29, 1.82) is 0 Å². The topological polar surface area (TPSA) is 74.8 Å². The van der Waals surface area contributed by atoms with E-state index in [9.17, 15) is 9.00 Å². The van der Waals surface area contributed by atoms with Gasteiger partial charge in [-0.25, -0.2) is 0 Å². The number of hydrogen-bond acceptors (Lipinski definition) is 3. The van der Waals surface area contributed by atoms with Crippen molar-refractivity contribution in [3.8, 4) is 0 Å². The van der Waals surface area contributed by atoms with Crippen LogP contribution in [0.25, 0.3) is 0 Å². The van der Waals surface area contributed by atoms with E-state index in [-0.39, 0.29) is 5.91 Å². The minimum atomic E-state index is -1.10. The number of benzene rings is 1. The Balaban J connectivity index is 1.80. The Morgan fingerprint density at radius 1 is 1.32 bits per heavy atom. The zero-order valence-electron chi connectivity index (χ0n) is 12.8. The van der Waals surface area contributed by atoms with Crippen LogP contribution in [0.3, 0.4) is 0 Å². The van der Waals surface area contributed by atoms with Gasteiger partial charge in [0.1, 0.15) is 5.69 Å². The zero-order valence-corrected chi connectivity index (χ0v) is 13.7. The van der Waals surface area contributed by atoms with Crippen molar-refractivity contribution >= 4 is 16.7 Å². The molecule has 0 radical (unpaired) electrons. The van der Waals surface area contributed by atoms with E-state index in [4.69, 9.17) is 0 Å². The summed E-state index contributed by atoms with van der Waals surface area (Å²) in [6.45, 7) is 4.58. The van der Waals surface area contributed by atoms with Gasteiger partial charge in [0.2, 0.25) is 0 Å². The Kier molecular flexibility index (Phi) is 5.89. The summed E-state index contributed by atoms with van der Waals surface area (Å²) in [6, 6.07) is 11.0. The summed E-state index contributed by atoms with van der Waals surface area (Å²) in [5.41, 5.74) is 1.33. The van der Waals surface area contributed by atoms with Crippen molar-refractivity contribution in [2.75, 3.05) is 12.3 Å². The van der Waals surface area contributed by atoms with E-state index in [1.807, 2.05) is 30.3 Å². The van der Waals surface area contributed by atoms with Gasteiger partial charge in [-0.2, -0.15) is 5.10 Å². The van der Waals surface area contributed by atoms with Gasteiger partial charge in [0.05, 0.1) is 10.8 Å². The molecule has 0 fully saturated rings. The van der Waals surface area contributed by atoms with E-state index in [0.717, 1.165) is 17.0 Å². The molecule has 0 aliphatic carbocycles. The van der Waals surface area contributed by atoms with Gasteiger partial charge in [0, 0.05) is 22.9 Å². The van der Waals surface area contributed by atoms with E-state index in [1.165, 1.54) is 0 Å². The number of hydrogen-bond donors (Lipinski definition) is 2.